The minimum absolute atomic E-state index is 0.0328. The van der Waals surface area contributed by atoms with E-state index in [1.54, 1.807) is 22.8 Å². The van der Waals surface area contributed by atoms with Crippen LogP contribution in [0, 0.1) is 0 Å². The van der Waals surface area contributed by atoms with Gasteiger partial charge in [-0.25, -0.2) is 0 Å². The first kappa shape index (κ1) is 23.0. The van der Waals surface area contributed by atoms with Gasteiger partial charge < -0.3 is 14.6 Å². The minimum atomic E-state index is -0.651. The monoisotopic (exact) mass is 492 g/mol. The van der Waals surface area contributed by atoms with E-state index in [0.29, 0.717) is 39.8 Å². The Hall–Kier alpha value is -2.21. The minimum Gasteiger partial charge on any atom is -0.494 e. The largest absolute Gasteiger partial charge is 0.494 e. The van der Waals surface area contributed by atoms with E-state index in [2.05, 4.69) is 5.32 Å². The van der Waals surface area contributed by atoms with Gasteiger partial charge in [-0.15, -0.1) is 0 Å². The van der Waals surface area contributed by atoms with E-state index in [4.69, 9.17) is 39.5 Å². The van der Waals surface area contributed by atoms with Crippen molar-refractivity contribution in [3.05, 3.63) is 62.7 Å². The highest BCUT2D eigenvalue weighted by molar-refractivity contribution is 6.49. The molecule has 1 saturated carbocycles. The van der Waals surface area contributed by atoms with Crippen LogP contribution in [0.2, 0.25) is 15.2 Å². The second-order valence-corrected chi connectivity index (χ2v) is 9.09. The van der Waals surface area contributed by atoms with Crippen molar-refractivity contribution in [2.45, 2.75) is 45.2 Å². The zero-order valence-corrected chi connectivity index (χ0v) is 19.9. The second-order valence-electron chi connectivity index (χ2n) is 7.88. The summed E-state index contributed by atoms with van der Waals surface area (Å²) in [4.78, 5) is 26.0. The number of rotatable bonds is 7. The standard InChI is InChI=1S/C24H23Cl3N2O3/c1-2-32-17-9-10-20-18(12-17)21(22(30)24(31)28-16-5-3-4-6-16)23(27)29(20)13-14-7-8-15(25)11-19(14)26/h7-12,16H,2-6,13H2,1H3,(H,28,31). The number of hydrogen-bond donors (Lipinski definition) is 1. The van der Waals surface area contributed by atoms with Gasteiger partial charge in [-0.3, -0.25) is 9.59 Å². The summed E-state index contributed by atoms with van der Waals surface area (Å²) in [6, 6.07) is 10.7. The zero-order chi connectivity index (χ0) is 22.8. The van der Waals surface area contributed by atoms with Crippen LogP contribution in [0.5, 0.6) is 5.75 Å². The van der Waals surface area contributed by atoms with Crippen LogP contribution < -0.4 is 10.1 Å². The number of halogens is 3. The molecule has 168 valence electrons. The average Bonchev–Trinajstić information content (AvgIpc) is 3.36. The van der Waals surface area contributed by atoms with Gasteiger partial charge in [-0.2, -0.15) is 0 Å². The van der Waals surface area contributed by atoms with Crippen molar-refractivity contribution in [1.82, 2.24) is 9.88 Å². The summed E-state index contributed by atoms with van der Waals surface area (Å²) in [7, 11) is 0. The number of aromatic nitrogens is 1. The Morgan fingerprint density at radius 1 is 1.09 bits per heavy atom. The summed E-state index contributed by atoms with van der Waals surface area (Å²) in [5, 5.41) is 4.64. The molecule has 8 heteroatoms. The predicted molar refractivity (Wildman–Crippen MR) is 128 cm³/mol. The molecule has 5 nitrogen and oxygen atoms in total. The van der Waals surface area contributed by atoms with Gasteiger partial charge in [-0.05, 0) is 55.7 Å². The maximum absolute atomic E-state index is 13.2. The number of Topliss-reactive ketones (excluding diaryl/α,β-unsaturated/α-hetero) is 1. The number of amides is 1. The van der Waals surface area contributed by atoms with Gasteiger partial charge in [0.2, 0.25) is 0 Å². The predicted octanol–water partition coefficient (Wildman–Crippen LogP) is 6.29. The smallest absolute Gasteiger partial charge is 0.292 e. The molecule has 1 aromatic heterocycles. The van der Waals surface area contributed by atoms with Crippen molar-refractivity contribution in [3.63, 3.8) is 0 Å². The lowest BCUT2D eigenvalue weighted by atomic mass is 10.1. The van der Waals surface area contributed by atoms with Crippen LogP contribution in [0.15, 0.2) is 36.4 Å². The van der Waals surface area contributed by atoms with E-state index in [1.807, 2.05) is 25.1 Å². The van der Waals surface area contributed by atoms with Crippen LogP contribution in [-0.2, 0) is 11.3 Å². The van der Waals surface area contributed by atoms with Gasteiger partial charge in [0.05, 0.1) is 24.2 Å². The fraction of sp³-hybridized carbons (Fsp3) is 0.333. The van der Waals surface area contributed by atoms with Crippen LogP contribution in [0.4, 0.5) is 0 Å². The molecule has 1 aliphatic carbocycles. The molecule has 0 aliphatic heterocycles. The average molecular weight is 494 g/mol. The fourth-order valence-electron chi connectivity index (χ4n) is 4.18. The molecule has 0 atom stereocenters. The molecule has 1 fully saturated rings. The molecule has 0 bridgehead atoms. The molecule has 2 aromatic carbocycles. The lowest BCUT2D eigenvalue weighted by molar-refractivity contribution is -0.117. The van der Waals surface area contributed by atoms with Gasteiger partial charge in [-0.1, -0.05) is 53.7 Å². The summed E-state index contributed by atoms with van der Waals surface area (Å²) < 4.78 is 7.39. The number of carbonyl (C=O) groups is 2. The molecule has 0 saturated heterocycles. The molecule has 4 rings (SSSR count). The Balaban J connectivity index is 1.77. The Kier molecular flexibility index (Phi) is 6.99. The van der Waals surface area contributed by atoms with E-state index in [1.165, 1.54) is 0 Å². The topological polar surface area (TPSA) is 60.3 Å². The highest BCUT2D eigenvalue weighted by Crippen LogP contribution is 2.35. The van der Waals surface area contributed by atoms with E-state index in [9.17, 15) is 9.59 Å². The van der Waals surface area contributed by atoms with Crippen molar-refractivity contribution in [3.8, 4) is 5.75 Å². The first-order chi connectivity index (χ1) is 15.4. The molecule has 32 heavy (non-hydrogen) atoms. The maximum atomic E-state index is 13.2. The van der Waals surface area contributed by atoms with Gasteiger partial charge in [0.1, 0.15) is 10.9 Å². The molecule has 0 radical (unpaired) electrons. The molecule has 1 amide bonds. The summed E-state index contributed by atoms with van der Waals surface area (Å²) in [5.41, 5.74) is 1.67. The highest BCUT2D eigenvalue weighted by Gasteiger charge is 2.29. The number of fused-ring (bicyclic) bond motifs is 1. The number of nitrogens with one attached hydrogen (secondary N) is 1. The Labute approximate surface area is 201 Å². The van der Waals surface area contributed by atoms with E-state index >= 15 is 0 Å². The first-order valence-electron chi connectivity index (χ1n) is 10.6. The summed E-state index contributed by atoms with van der Waals surface area (Å²) >= 11 is 19.1. The lowest BCUT2D eigenvalue weighted by Gasteiger charge is -2.11. The zero-order valence-electron chi connectivity index (χ0n) is 17.6. The Morgan fingerprint density at radius 3 is 2.53 bits per heavy atom. The first-order valence-corrected chi connectivity index (χ1v) is 11.8. The van der Waals surface area contributed by atoms with Gasteiger partial charge in [0.15, 0.2) is 0 Å². The number of ether oxygens (including phenoxy) is 1. The van der Waals surface area contributed by atoms with Gasteiger partial charge >= 0.3 is 0 Å². The van der Waals surface area contributed by atoms with Crippen molar-refractivity contribution < 1.29 is 14.3 Å². The normalized spacial score (nSPS) is 14.1. The Morgan fingerprint density at radius 2 is 1.84 bits per heavy atom. The van der Waals surface area contributed by atoms with Gasteiger partial charge in [0.25, 0.3) is 11.7 Å². The molecule has 1 heterocycles. The summed E-state index contributed by atoms with van der Waals surface area (Å²) in [5.74, 6) is -0.686. The van der Waals surface area contributed by atoms with Crippen LogP contribution in [0.1, 0.15) is 48.5 Å². The lowest BCUT2D eigenvalue weighted by Crippen LogP contribution is -2.37. The van der Waals surface area contributed by atoms with Crippen LogP contribution >= 0.6 is 34.8 Å². The summed E-state index contributed by atoms with van der Waals surface area (Å²) in [6.45, 7) is 2.68. The van der Waals surface area contributed by atoms with E-state index in [0.717, 1.165) is 31.2 Å². The van der Waals surface area contributed by atoms with Crippen LogP contribution in [0.25, 0.3) is 10.9 Å². The van der Waals surface area contributed by atoms with E-state index < -0.39 is 11.7 Å². The third-order valence-electron chi connectivity index (χ3n) is 5.75. The molecular formula is C24H23Cl3N2O3. The fourth-order valence-corrected chi connectivity index (χ4v) is 4.99. The molecule has 1 N–H and O–H groups in total. The number of ketones is 1. The number of carbonyl (C=O) groups excluding carboxylic acids is 2. The third kappa shape index (κ3) is 4.61. The number of benzene rings is 2. The third-order valence-corrected chi connectivity index (χ3v) is 6.73. The molecule has 1 aliphatic rings. The quantitative estimate of drug-likeness (QED) is 0.311. The Bertz CT molecular complexity index is 1180. The van der Waals surface area contributed by atoms with E-state index in [-0.39, 0.29) is 16.8 Å². The number of nitrogens with zero attached hydrogens (tertiary/aromatic N) is 1. The maximum Gasteiger partial charge on any atom is 0.292 e. The number of hydrogen-bond acceptors (Lipinski definition) is 3. The van der Waals surface area contributed by atoms with Crippen molar-refractivity contribution in [2.75, 3.05) is 6.61 Å². The van der Waals surface area contributed by atoms with Crippen molar-refractivity contribution in [1.29, 1.82) is 0 Å². The SMILES string of the molecule is CCOc1ccc2c(c1)c(C(=O)C(=O)NC1CCCC1)c(Cl)n2Cc1ccc(Cl)cc1Cl. The van der Waals surface area contributed by atoms with Crippen molar-refractivity contribution >= 4 is 57.4 Å². The highest BCUT2D eigenvalue weighted by atomic mass is 35.5. The molecule has 3 aromatic rings. The molecule has 0 unspecified atom stereocenters. The van der Waals surface area contributed by atoms with Crippen LogP contribution in [-0.4, -0.2) is 28.9 Å². The summed E-state index contributed by atoms with van der Waals surface area (Å²) in [6.07, 6.45) is 3.88. The van der Waals surface area contributed by atoms with Crippen LogP contribution in [0.3, 0.4) is 0 Å². The van der Waals surface area contributed by atoms with Gasteiger partial charge in [0, 0.05) is 21.5 Å². The molecule has 0 spiro atoms. The second kappa shape index (κ2) is 9.74. The van der Waals surface area contributed by atoms with Crippen molar-refractivity contribution in [2.24, 2.45) is 0 Å². The molecular weight excluding hydrogens is 471 g/mol.